The van der Waals surface area contributed by atoms with Crippen molar-refractivity contribution in [2.75, 3.05) is 19.6 Å². The highest BCUT2D eigenvalue weighted by Crippen LogP contribution is 1.98. The van der Waals surface area contributed by atoms with E-state index < -0.39 is 0 Å². The van der Waals surface area contributed by atoms with E-state index in [4.69, 9.17) is 0 Å². The summed E-state index contributed by atoms with van der Waals surface area (Å²) < 4.78 is 0. The summed E-state index contributed by atoms with van der Waals surface area (Å²) in [6.07, 6.45) is 5.78. The van der Waals surface area contributed by atoms with E-state index in [9.17, 15) is 0 Å². The van der Waals surface area contributed by atoms with Gasteiger partial charge in [0.25, 0.3) is 0 Å². The molecule has 74 valence electrons. The zero-order valence-corrected chi connectivity index (χ0v) is 10.7. The maximum Gasteiger partial charge on any atom is -0.00189 e. The summed E-state index contributed by atoms with van der Waals surface area (Å²) >= 11 is 0. The molecule has 0 aromatic heterocycles. The zero-order valence-electron chi connectivity index (χ0n) is 8.38. The first kappa shape index (κ1) is 14.9. The summed E-state index contributed by atoms with van der Waals surface area (Å²) in [4.78, 5) is 2.46. The molecule has 0 rings (SSSR count). The molecular formula is C10H22IN. The third-order valence-corrected chi connectivity index (χ3v) is 2.03. The smallest absolute Gasteiger partial charge is 0.00189 e. The zero-order chi connectivity index (χ0) is 8.53. The van der Waals surface area contributed by atoms with Crippen molar-refractivity contribution in [3.8, 4) is 0 Å². The van der Waals surface area contributed by atoms with Gasteiger partial charge in [0.1, 0.15) is 0 Å². The molecule has 2 heteroatoms. The van der Waals surface area contributed by atoms with E-state index in [0.29, 0.717) is 0 Å². The lowest BCUT2D eigenvalue weighted by atomic mass is 10.2. The Bertz CT molecular complexity index is 89.8. The topological polar surface area (TPSA) is 3.24 Å². The third kappa shape index (κ3) is 8.53. The predicted octanol–water partition coefficient (Wildman–Crippen LogP) is 3.30. The third-order valence-electron chi connectivity index (χ3n) is 2.03. The van der Waals surface area contributed by atoms with Gasteiger partial charge in [0.2, 0.25) is 0 Å². The standard InChI is InChI=1S/C10H21N.HI/c1-4-7-8-9-10-11(5-2)6-3;/h4H,1,5-10H2,2-3H3;1H. The average Bonchev–Trinajstić information content (AvgIpc) is 2.05. The summed E-state index contributed by atoms with van der Waals surface area (Å²) in [5.74, 6) is 0. The minimum Gasteiger partial charge on any atom is -0.304 e. The predicted molar refractivity (Wildman–Crippen MR) is 67.3 cm³/mol. The molecule has 0 aromatic rings. The maximum atomic E-state index is 3.70. The normalized spacial score (nSPS) is 9.58. The van der Waals surface area contributed by atoms with Crippen LogP contribution in [-0.2, 0) is 0 Å². The molecule has 0 aliphatic rings. The highest BCUT2D eigenvalue weighted by atomic mass is 127. The number of unbranched alkanes of at least 4 members (excludes halogenated alkanes) is 2. The lowest BCUT2D eigenvalue weighted by Crippen LogP contribution is -2.23. The second-order valence-electron chi connectivity index (χ2n) is 2.81. The van der Waals surface area contributed by atoms with Crippen molar-refractivity contribution in [1.82, 2.24) is 4.90 Å². The molecule has 0 bridgehead atoms. The monoisotopic (exact) mass is 283 g/mol. The number of hydrogen-bond acceptors (Lipinski definition) is 1. The van der Waals surface area contributed by atoms with Gasteiger partial charge in [0.05, 0.1) is 0 Å². The number of hydrogen-bond donors (Lipinski definition) is 0. The van der Waals surface area contributed by atoms with Crippen LogP contribution in [0.5, 0.6) is 0 Å². The Hall–Kier alpha value is 0.430. The van der Waals surface area contributed by atoms with Gasteiger partial charge in [-0.2, -0.15) is 0 Å². The molecule has 1 nitrogen and oxygen atoms in total. The maximum absolute atomic E-state index is 3.70. The van der Waals surface area contributed by atoms with Crippen molar-refractivity contribution in [3.05, 3.63) is 12.7 Å². The molecule has 0 aliphatic carbocycles. The molecule has 0 heterocycles. The van der Waals surface area contributed by atoms with Gasteiger partial charge >= 0.3 is 0 Å². The molecule has 12 heavy (non-hydrogen) atoms. The number of halogens is 1. The Morgan fingerprint density at radius 3 is 2.17 bits per heavy atom. The lowest BCUT2D eigenvalue weighted by Gasteiger charge is -2.17. The molecular weight excluding hydrogens is 261 g/mol. The summed E-state index contributed by atoms with van der Waals surface area (Å²) in [6, 6.07) is 0. The van der Waals surface area contributed by atoms with Gasteiger partial charge in [-0.05, 0) is 38.9 Å². The Kier molecular flexibility index (Phi) is 14.2. The Morgan fingerprint density at radius 1 is 1.17 bits per heavy atom. The van der Waals surface area contributed by atoms with E-state index in [1.807, 2.05) is 6.08 Å². The first-order valence-corrected chi connectivity index (χ1v) is 4.68. The minimum absolute atomic E-state index is 0. The molecule has 0 amide bonds. The summed E-state index contributed by atoms with van der Waals surface area (Å²) in [7, 11) is 0. The number of rotatable bonds is 7. The summed E-state index contributed by atoms with van der Waals surface area (Å²) in [5.41, 5.74) is 0. The SMILES string of the molecule is C=CCCCCN(CC)CC.I. The molecule has 0 spiro atoms. The van der Waals surface area contributed by atoms with Crippen molar-refractivity contribution < 1.29 is 0 Å². The van der Waals surface area contributed by atoms with Crippen molar-refractivity contribution in [3.63, 3.8) is 0 Å². The Balaban J connectivity index is 0. The quantitative estimate of drug-likeness (QED) is 0.393. The van der Waals surface area contributed by atoms with Crippen LogP contribution in [0.2, 0.25) is 0 Å². The molecule has 0 saturated heterocycles. The lowest BCUT2D eigenvalue weighted by molar-refractivity contribution is 0.297. The van der Waals surface area contributed by atoms with Crippen LogP contribution in [0.25, 0.3) is 0 Å². The van der Waals surface area contributed by atoms with Crippen LogP contribution in [-0.4, -0.2) is 24.5 Å². The highest BCUT2D eigenvalue weighted by Gasteiger charge is 1.96. The van der Waals surface area contributed by atoms with Crippen LogP contribution in [0.4, 0.5) is 0 Å². The number of allylic oxidation sites excluding steroid dienone is 1. The fourth-order valence-electron chi connectivity index (χ4n) is 1.16. The van der Waals surface area contributed by atoms with E-state index >= 15 is 0 Å². The van der Waals surface area contributed by atoms with Crippen molar-refractivity contribution in [2.24, 2.45) is 0 Å². The second kappa shape index (κ2) is 11.4. The molecule has 0 aliphatic heterocycles. The van der Waals surface area contributed by atoms with Gasteiger partial charge in [-0.25, -0.2) is 0 Å². The molecule has 0 atom stereocenters. The highest BCUT2D eigenvalue weighted by molar-refractivity contribution is 14.0. The fourth-order valence-corrected chi connectivity index (χ4v) is 1.16. The van der Waals surface area contributed by atoms with Gasteiger partial charge in [-0.15, -0.1) is 30.6 Å². The van der Waals surface area contributed by atoms with Crippen LogP contribution in [0, 0.1) is 0 Å². The molecule has 0 aromatic carbocycles. The summed E-state index contributed by atoms with van der Waals surface area (Å²) in [5, 5.41) is 0. The van der Waals surface area contributed by atoms with Crippen LogP contribution in [0.15, 0.2) is 12.7 Å². The van der Waals surface area contributed by atoms with Gasteiger partial charge < -0.3 is 4.90 Å². The van der Waals surface area contributed by atoms with Gasteiger partial charge in [0, 0.05) is 0 Å². The number of nitrogens with zero attached hydrogens (tertiary/aromatic N) is 1. The van der Waals surface area contributed by atoms with Gasteiger partial charge in [-0.3, -0.25) is 0 Å². The van der Waals surface area contributed by atoms with Crippen LogP contribution >= 0.6 is 24.0 Å². The van der Waals surface area contributed by atoms with E-state index in [1.54, 1.807) is 0 Å². The summed E-state index contributed by atoms with van der Waals surface area (Å²) in [6.45, 7) is 11.8. The Morgan fingerprint density at radius 2 is 1.75 bits per heavy atom. The molecule has 0 N–H and O–H groups in total. The minimum atomic E-state index is 0. The van der Waals surface area contributed by atoms with E-state index in [-0.39, 0.29) is 24.0 Å². The van der Waals surface area contributed by atoms with E-state index in [0.717, 1.165) is 0 Å². The van der Waals surface area contributed by atoms with Crippen LogP contribution < -0.4 is 0 Å². The molecule has 0 radical (unpaired) electrons. The van der Waals surface area contributed by atoms with Crippen molar-refractivity contribution >= 4 is 24.0 Å². The van der Waals surface area contributed by atoms with Crippen molar-refractivity contribution in [1.29, 1.82) is 0 Å². The largest absolute Gasteiger partial charge is 0.304 e. The fraction of sp³-hybridized carbons (Fsp3) is 0.800. The Labute approximate surface area is 94.2 Å². The molecule has 0 saturated carbocycles. The van der Waals surface area contributed by atoms with Gasteiger partial charge in [-0.1, -0.05) is 19.9 Å². The molecule has 0 unspecified atom stereocenters. The van der Waals surface area contributed by atoms with Crippen LogP contribution in [0.1, 0.15) is 33.1 Å². The second-order valence-corrected chi connectivity index (χ2v) is 2.81. The van der Waals surface area contributed by atoms with E-state index in [1.165, 1.54) is 38.9 Å². The first-order chi connectivity index (χ1) is 5.35. The van der Waals surface area contributed by atoms with Gasteiger partial charge in [0.15, 0.2) is 0 Å². The molecule has 0 fully saturated rings. The van der Waals surface area contributed by atoms with Crippen molar-refractivity contribution in [2.45, 2.75) is 33.1 Å². The average molecular weight is 283 g/mol. The van der Waals surface area contributed by atoms with E-state index in [2.05, 4.69) is 25.3 Å². The first-order valence-electron chi connectivity index (χ1n) is 4.68. The van der Waals surface area contributed by atoms with Crippen LogP contribution in [0.3, 0.4) is 0 Å².